The molecule has 0 amide bonds. The topological polar surface area (TPSA) is 12.9 Å². The fourth-order valence-electron chi connectivity index (χ4n) is 3.17. The van der Waals surface area contributed by atoms with Gasteiger partial charge in [0.25, 0.3) is 0 Å². The van der Waals surface area contributed by atoms with Gasteiger partial charge in [-0.2, -0.15) is 0 Å². The zero-order valence-electron chi connectivity index (χ0n) is 14.0. The molecule has 24 heavy (non-hydrogen) atoms. The fraction of sp³-hybridized carbons (Fsp3) is 0.318. The van der Waals surface area contributed by atoms with E-state index in [9.17, 15) is 0 Å². The van der Waals surface area contributed by atoms with E-state index in [2.05, 4.69) is 42.0 Å². The third-order valence-electron chi connectivity index (χ3n) is 4.56. The van der Waals surface area contributed by atoms with Gasteiger partial charge in [-0.15, -0.1) is 0 Å². The lowest BCUT2D eigenvalue weighted by atomic mass is 9.82. The smallest absolute Gasteiger partial charge is 0.0702 e. The van der Waals surface area contributed by atoms with Crippen molar-refractivity contribution >= 4 is 11.6 Å². The van der Waals surface area contributed by atoms with E-state index in [1.165, 1.54) is 25.7 Å². The number of allylic oxidation sites excluding steroid dienone is 2. The van der Waals surface area contributed by atoms with Gasteiger partial charge in [-0.25, -0.2) is 0 Å². The summed E-state index contributed by atoms with van der Waals surface area (Å²) in [6.45, 7) is 2.10. The molecule has 1 aliphatic rings. The Morgan fingerprint density at radius 2 is 1.79 bits per heavy atom. The summed E-state index contributed by atoms with van der Waals surface area (Å²) in [5.41, 5.74) is 3.01. The molecule has 0 N–H and O–H groups in total. The number of aromatic nitrogens is 1. The number of halogens is 1. The molecule has 0 bridgehead atoms. The highest BCUT2D eigenvalue weighted by Gasteiger charge is 2.17. The van der Waals surface area contributed by atoms with Crippen LogP contribution in [0.5, 0.6) is 0 Å². The SMILES string of the molecule is CC=C[C@H]1CC[C@H](C#Cc2ccc(-c3ccc(Cl)cc3)nc2)CC1. The minimum Gasteiger partial charge on any atom is -0.255 e. The van der Waals surface area contributed by atoms with Crippen molar-refractivity contribution in [3.63, 3.8) is 0 Å². The third kappa shape index (κ3) is 4.49. The van der Waals surface area contributed by atoms with Gasteiger partial charge >= 0.3 is 0 Å². The molecule has 1 heterocycles. The maximum Gasteiger partial charge on any atom is 0.0702 e. The van der Waals surface area contributed by atoms with E-state index in [4.69, 9.17) is 11.6 Å². The summed E-state index contributed by atoms with van der Waals surface area (Å²) in [7, 11) is 0. The molecule has 2 heteroatoms. The summed E-state index contributed by atoms with van der Waals surface area (Å²) in [5, 5.41) is 0.741. The van der Waals surface area contributed by atoms with Crippen molar-refractivity contribution in [2.24, 2.45) is 11.8 Å². The molecular weight excluding hydrogens is 314 g/mol. The Kier molecular flexibility index (Phi) is 5.72. The summed E-state index contributed by atoms with van der Waals surface area (Å²) in [5.74, 6) is 8.02. The summed E-state index contributed by atoms with van der Waals surface area (Å²) < 4.78 is 0. The second kappa shape index (κ2) is 8.18. The van der Waals surface area contributed by atoms with Crippen molar-refractivity contribution in [2.75, 3.05) is 0 Å². The van der Waals surface area contributed by atoms with Crippen molar-refractivity contribution in [3.05, 3.63) is 65.3 Å². The van der Waals surface area contributed by atoms with Crippen LogP contribution in [0, 0.1) is 23.7 Å². The molecule has 0 saturated heterocycles. The molecule has 1 aromatic heterocycles. The second-order valence-electron chi connectivity index (χ2n) is 6.35. The largest absolute Gasteiger partial charge is 0.255 e. The molecule has 0 spiro atoms. The molecule has 0 atom stereocenters. The van der Waals surface area contributed by atoms with Gasteiger partial charge < -0.3 is 0 Å². The van der Waals surface area contributed by atoms with E-state index in [1.54, 1.807) is 0 Å². The molecule has 1 nitrogen and oxygen atoms in total. The number of hydrogen-bond acceptors (Lipinski definition) is 1. The zero-order chi connectivity index (χ0) is 16.8. The Morgan fingerprint density at radius 1 is 1.04 bits per heavy atom. The first-order valence-electron chi connectivity index (χ1n) is 8.61. The van der Waals surface area contributed by atoms with Crippen molar-refractivity contribution in [2.45, 2.75) is 32.6 Å². The first kappa shape index (κ1) is 16.8. The van der Waals surface area contributed by atoms with Crippen LogP contribution < -0.4 is 0 Å². The molecule has 1 saturated carbocycles. The highest BCUT2D eigenvalue weighted by molar-refractivity contribution is 6.30. The molecule has 1 aromatic carbocycles. The average molecular weight is 336 g/mol. The highest BCUT2D eigenvalue weighted by Crippen LogP contribution is 2.29. The Bertz CT molecular complexity index is 739. The summed E-state index contributed by atoms with van der Waals surface area (Å²) in [6.07, 6.45) is 11.3. The predicted octanol–water partition coefficient (Wildman–Crippen LogP) is 6.14. The van der Waals surface area contributed by atoms with Crippen LogP contribution in [0.15, 0.2) is 54.7 Å². The second-order valence-corrected chi connectivity index (χ2v) is 6.78. The summed E-state index contributed by atoms with van der Waals surface area (Å²) >= 11 is 5.92. The van der Waals surface area contributed by atoms with Gasteiger partial charge in [-0.3, -0.25) is 4.98 Å². The lowest BCUT2D eigenvalue weighted by Gasteiger charge is -2.22. The van der Waals surface area contributed by atoms with Crippen molar-refractivity contribution < 1.29 is 0 Å². The van der Waals surface area contributed by atoms with Gasteiger partial charge in [0.2, 0.25) is 0 Å². The van der Waals surface area contributed by atoms with Gasteiger partial charge in [0.05, 0.1) is 5.69 Å². The van der Waals surface area contributed by atoms with E-state index >= 15 is 0 Å². The monoisotopic (exact) mass is 335 g/mol. The summed E-state index contributed by atoms with van der Waals surface area (Å²) in [4.78, 5) is 4.52. The Hall–Kier alpha value is -2.04. The summed E-state index contributed by atoms with van der Waals surface area (Å²) in [6, 6.07) is 11.8. The molecule has 0 radical (unpaired) electrons. The molecule has 0 unspecified atom stereocenters. The lowest BCUT2D eigenvalue weighted by Crippen LogP contribution is -2.11. The Balaban J connectivity index is 1.62. The molecule has 1 aliphatic carbocycles. The van der Waals surface area contributed by atoms with Gasteiger partial charge in [-0.1, -0.05) is 47.7 Å². The molecule has 2 aromatic rings. The molecule has 1 fully saturated rings. The van der Waals surface area contributed by atoms with Crippen LogP contribution in [-0.4, -0.2) is 4.98 Å². The first-order chi connectivity index (χ1) is 11.7. The fourth-order valence-corrected chi connectivity index (χ4v) is 3.30. The van der Waals surface area contributed by atoms with Gasteiger partial charge in [0.15, 0.2) is 0 Å². The van der Waals surface area contributed by atoms with E-state index in [1.807, 2.05) is 36.5 Å². The molecule has 3 rings (SSSR count). The molecule has 122 valence electrons. The van der Waals surface area contributed by atoms with Crippen LogP contribution in [0.2, 0.25) is 5.02 Å². The zero-order valence-corrected chi connectivity index (χ0v) is 14.8. The number of benzene rings is 1. The Labute approximate surface area is 149 Å². The Morgan fingerprint density at radius 3 is 2.42 bits per heavy atom. The lowest BCUT2D eigenvalue weighted by molar-refractivity contribution is 0.364. The van der Waals surface area contributed by atoms with Gasteiger partial charge in [0.1, 0.15) is 0 Å². The third-order valence-corrected chi connectivity index (χ3v) is 4.81. The minimum atomic E-state index is 0.530. The number of pyridine rings is 1. The minimum absolute atomic E-state index is 0.530. The van der Waals surface area contributed by atoms with Crippen LogP contribution >= 0.6 is 11.6 Å². The van der Waals surface area contributed by atoms with E-state index in [0.29, 0.717) is 5.92 Å². The van der Waals surface area contributed by atoms with Crippen molar-refractivity contribution in [1.29, 1.82) is 0 Å². The standard InChI is InChI=1S/C22H22ClN/c1-2-3-17-4-6-18(7-5-17)8-9-19-10-15-22(24-16-19)20-11-13-21(23)14-12-20/h2-3,10-18H,4-7H2,1H3/t17-,18-. The normalized spacial score (nSPS) is 20.6. The average Bonchev–Trinajstić information content (AvgIpc) is 2.63. The van der Waals surface area contributed by atoms with Gasteiger partial charge in [0, 0.05) is 28.3 Å². The quantitative estimate of drug-likeness (QED) is 0.474. The molecular formula is C22H22ClN. The first-order valence-corrected chi connectivity index (χ1v) is 8.99. The number of hydrogen-bond donors (Lipinski definition) is 0. The predicted molar refractivity (Wildman–Crippen MR) is 102 cm³/mol. The van der Waals surface area contributed by atoms with E-state index in [-0.39, 0.29) is 0 Å². The van der Waals surface area contributed by atoms with Crippen molar-refractivity contribution in [1.82, 2.24) is 4.98 Å². The van der Waals surface area contributed by atoms with Crippen LogP contribution in [0.1, 0.15) is 38.2 Å². The van der Waals surface area contributed by atoms with Crippen LogP contribution in [0.4, 0.5) is 0 Å². The number of nitrogens with zero attached hydrogens (tertiary/aromatic N) is 1. The number of rotatable bonds is 2. The maximum absolute atomic E-state index is 5.92. The van der Waals surface area contributed by atoms with Crippen molar-refractivity contribution in [3.8, 4) is 23.1 Å². The maximum atomic E-state index is 5.92. The van der Waals surface area contributed by atoms with E-state index < -0.39 is 0 Å². The van der Waals surface area contributed by atoms with Crippen LogP contribution in [-0.2, 0) is 0 Å². The highest BCUT2D eigenvalue weighted by atomic mass is 35.5. The van der Waals surface area contributed by atoms with Crippen LogP contribution in [0.3, 0.4) is 0 Å². The van der Waals surface area contributed by atoms with Gasteiger partial charge in [-0.05, 0) is 62.8 Å². The molecule has 0 aliphatic heterocycles. The van der Waals surface area contributed by atoms with Crippen LogP contribution in [0.25, 0.3) is 11.3 Å². The van der Waals surface area contributed by atoms with E-state index in [0.717, 1.165) is 27.8 Å².